The van der Waals surface area contributed by atoms with Gasteiger partial charge in [0.05, 0.1) is 0 Å². The Balaban J connectivity index is 1.25. The highest BCUT2D eigenvalue weighted by Crippen LogP contribution is 2.18. The molecule has 1 aliphatic rings. The Morgan fingerprint density at radius 2 is 1.65 bits per heavy atom. The molecule has 7 nitrogen and oxygen atoms in total. The van der Waals surface area contributed by atoms with Crippen molar-refractivity contribution in [3.63, 3.8) is 0 Å². The maximum atomic E-state index is 13.7. The molecule has 0 saturated carbocycles. The van der Waals surface area contributed by atoms with E-state index in [0.29, 0.717) is 63.8 Å². The second kappa shape index (κ2) is 13.3. The number of likely N-dealkylation sites (tertiary alicyclic amines) is 1. The highest BCUT2D eigenvalue weighted by Gasteiger charge is 2.26. The van der Waals surface area contributed by atoms with Crippen LogP contribution in [0.25, 0.3) is 0 Å². The molecule has 3 amide bonds. The van der Waals surface area contributed by atoms with Gasteiger partial charge in [0.2, 0.25) is 11.8 Å². The van der Waals surface area contributed by atoms with E-state index in [1.807, 2.05) is 30.3 Å². The lowest BCUT2D eigenvalue weighted by molar-refractivity contribution is -0.135. The van der Waals surface area contributed by atoms with Gasteiger partial charge in [-0.05, 0) is 42.9 Å². The van der Waals surface area contributed by atoms with Crippen molar-refractivity contribution in [3.8, 4) is 0 Å². The molecule has 1 heterocycles. The molecule has 3 rings (SSSR count). The van der Waals surface area contributed by atoms with Gasteiger partial charge in [0.25, 0.3) is 0 Å². The number of nitrogens with one attached hydrogen (secondary N) is 2. The second-order valence-corrected chi connectivity index (χ2v) is 8.38. The fraction of sp³-hybridized carbons (Fsp3) is 0.423. The van der Waals surface area contributed by atoms with Gasteiger partial charge in [-0.1, -0.05) is 48.5 Å². The Morgan fingerprint density at radius 3 is 2.38 bits per heavy atom. The first-order valence-electron chi connectivity index (χ1n) is 11.8. The Hall–Kier alpha value is -3.42. The van der Waals surface area contributed by atoms with Crippen molar-refractivity contribution in [2.24, 2.45) is 5.92 Å². The fourth-order valence-electron chi connectivity index (χ4n) is 3.92. The Kier molecular flexibility index (Phi) is 9.88. The number of nitrogens with zero attached hydrogens (tertiary/aromatic N) is 1. The highest BCUT2D eigenvalue weighted by molar-refractivity contribution is 5.80. The summed E-state index contributed by atoms with van der Waals surface area (Å²) in [5, 5.41) is 5.54. The van der Waals surface area contributed by atoms with Crippen LogP contribution in [0, 0.1) is 11.7 Å². The van der Waals surface area contributed by atoms with Gasteiger partial charge < -0.3 is 20.3 Å². The van der Waals surface area contributed by atoms with E-state index in [-0.39, 0.29) is 30.2 Å². The van der Waals surface area contributed by atoms with Crippen LogP contribution in [0.4, 0.5) is 9.18 Å². The zero-order valence-corrected chi connectivity index (χ0v) is 19.3. The van der Waals surface area contributed by atoms with Crippen LogP contribution < -0.4 is 10.6 Å². The molecular formula is C26H32FN3O4. The Bertz CT molecular complexity index is 946. The molecule has 1 aliphatic heterocycles. The number of carbonyl (C=O) groups excluding carboxylic acids is 3. The van der Waals surface area contributed by atoms with E-state index in [9.17, 15) is 18.8 Å². The first-order chi connectivity index (χ1) is 16.5. The highest BCUT2D eigenvalue weighted by atomic mass is 19.1. The lowest BCUT2D eigenvalue weighted by Crippen LogP contribution is -2.43. The number of carbonyl (C=O) groups is 3. The lowest BCUT2D eigenvalue weighted by Gasteiger charge is -2.31. The number of benzene rings is 2. The number of piperidine rings is 1. The maximum absolute atomic E-state index is 13.7. The minimum Gasteiger partial charge on any atom is -0.445 e. The minimum atomic E-state index is -0.502. The second-order valence-electron chi connectivity index (χ2n) is 8.38. The predicted molar refractivity (Wildman–Crippen MR) is 126 cm³/mol. The molecular weight excluding hydrogens is 437 g/mol. The minimum absolute atomic E-state index is 0.0258. The van der Waals surface area contributed by atoms with Crippen LogP contribution in [0.15, 0.2) is 54.6 Å². The van der Waals surface area contributed by atoms with E-state index in [2.05, 4.69) is 10.6 Å². The monoisotopic (exact) mass is 469 g/mol. The van der Waals surface area contributed by atoms with Crippen molar-refractivity contribution in [2.75, 3.05) is 26.2 Å². The molecule has 2 N–H and O–H groups in total. The zero-order valence-electron chi connectivity index (χ0n) is 19.3. The molecule has 1 saturated heterocycles. The smallest absolute Gasteiger partial charge is 0.407 e. The Morgan fingerprint density at radius 1 is 0.941 bits per heavy atom. The average molecular weight is 470 g/mol. The van der Waals surface area contributed by atoms with Gasteiger partial charge in [-0.15, -0.1) is 0 Å². The van der Waals surface area contributed by atoms with Crippen LogP contribution in [0.1, 0.15) is 36.8 Å². The van der Waals surface area contributed by atoms with E-state index >= 15 is 0 Å². The van der Waals surface area contributed by atoms with Gasteiger partial charge in [-0.25, -0.2) is 9.18 Å². The predicted octanol–water partition coefficient (Wildman–Crippen LogP) is 3.43. The third-order valence-corrected chi connectivity index (χ3v) is 5.92. The number of ether oxygens (including phenoxy) is 1. The largest absolute Gasteiger partial charge is 0.445 e. The number of rotatable bonds is 10. The summed E-state index contributed by atoms with van der Waals surface area (Å²) in [6, 6.07) is 16.0. The summed E-state index contributed by atoms with van der Waals surface area (Å²) >= 11 is 0. The zero-order chi connectivity index (χ0) is 24.2. The standard InChI is InChI=1S/C26H32FN3O4/c27-23-10-5-4-9-21(23)12-16-28-25(32)22-13-17-30(18-14-22)24(31)11-6-15-29-26(33)34-19-20-7-2-1-3-8-20/h1-5,7-10,22H,6,11-19H2,(H,28,32)(H,29,33). The normalized spacial score (nSPS) is 13.9. The number of alkyl carbamates (subject to hydrolysis) is 1. The third kappa shape index (κ3) is 8.17. The van der Waals surface area contributed by atoms with Gasteiger partial charge in [-0.3, -0.25) is 9.59 Å². The summed E-state index contributed by atoms with van der Waals surface area (Å²) in [5.74, 6) is -0.409. The molecule has 0 atom stereocenters. The van der Waals surface area contributed by atoms with Gasteiger partial charge in [0, 0.05) is 38.5 Å². The summed E-state index contributed by atoms with van der Waals surface area (Å²) < 4.78 is 18.8. The van der Waals surface area contributed by atoms with Crippen LogP contribution in [-0.2, 0) is 27.4 Å². The van der Waals surface area contributed by atoms with Crippen LogP contribution in [0.2, 0.25) is 0 Å². The summed E-state index contributed by atoms with van der Waals surface area (Å²) in [7, 11) is 0. The van der Waals surface area contributed by atoms with Crippen molar-refractivity contribution in [3.05, 3.63) is 71.5 Å². The summed E-state index contributed by atoms with van der Waals surface area (Å²) in [5.41, 5.74) is 1.50. The number of amides is 3. The van der Waals surface area contributed by atoms with E-state index < -0.39 is 6.09 Å². The molecule has 8 heteroatoms. The van der Waals surface area contributed by atoms with Gasteiger partial charge >= 0.3 is 6.09 Å². The van der Waals surface area contributed by atoms with Crippen molar-refractivity contribution in [1.29, 1.82) is 0 Å². The summed E-state index contributed by atoms with van der Waals surface area (Å²) in [6.07, 6.45) is 2.03. The molecule has 2 aromatic rings. The first-order valence-corrected chi connectivity index (χ1v) is 11.8. The first kappa shape index (κ1) is 25.2. The summed E-state index contributed by atoms with van der Waals surface area (Å²) in [4.78, 5) is 38.4. The molecule has 0 spiro atoms. The molecule has 0 aromatic heterocycles. The molecule has 0 radical (unpaired) electrons. The molecule has 0 unspecified atom stereocenters. The van der Waals surface area contributed by atoms with E-state index in [1.165, 1.54) is 6.07 Å². The number of halogens is 1. The van der Waals surface area contributed by atoms with Crippen molar-refractivity contribution in [2.45, 2.75) is 38.7 Å². The van der Waals surface area contributed by atoms with Crippen molar-refractivity contribution >= 4 is 17.9 Å². The van der Waals surface area contributed by atoms with Crippen LogP contribution in [0.3, 0.4) is 0 Å². The maximum Gasteiger partial charge on any atom is 0.407 e. The molecule has 182 valence electrons. The molecule has 1 fully saturated rings. The molecule has 2 aromatic carbocycles. The summed E-state index contributed by atoms with van der Waals surface area (Å²) in [6.45, 7) is 2.03. The fourth-order valence-corrected chi connectivity index (χ4v) is 3.92. The molecule has 34 heavy (non-hydrogen) atoms. The number of hydrogen-bond acceptors (Lipinski definition) is 4. The van der Waals surface area contributed by atoms with Crippen LogP contribution >= 0.6 is 0 Å². The van der Waals surface area contributed by atoms with Gasteiger partial charge in [0.1, 0.15) is 12.4 Å². The lowest BCUT2D eigenvalue weighted by atomic mass is 9.95. The van der Waals surface area contributed by atoms with E-state index in [0.717, 1.165) is 5.56 Å². The molecule has 0 aliphatic carbocycles. The average Bonchev–Trinajstić information content (AvgIpc) is 2.87. The quantitative estimate of drug-likeness (QED) is 0.522. The van der Waals surface area contributed by atoms with E-state index in [1.54, 1.807) is 23.1 Å². The third-order valence-electron chi connectivity index (χ3n) is 5.92. The van der Waals surface area contributed by atoms with Crippen molar-refractivity contribution in [1.82, 2.24) is 15.5 Å². The van der Waals surface area contributed by atoms with Crippen molar-refractivity contribution < 1.29 is 23.5 Å². The van der Waals surface area contributed by atoms with E-state index in [4.69, 9.17) is 4.74 Å². The number of hydrogen-bond donors (Lipinski definition) is 2. The Labute approximate surface area is 199 Å². The molecule has 0 bridgehead atoms. The van der Waals surface area contributed by atoms with Crippen LogP contribution in [0.5, 0.6) is 0 Å². The van der Waals surface area contributed by atoms with Crippen LogP contribution in [-0.4, -0.2) is 49.0 Å². The van der Waals surface area contributed by atoms with Gasteiger partial charge in [0.15, 0.2) is 0 Å². The van der Waals surface area contributed by atoms with Gasteiger partial charge in [-0.2, -0.15) is 0 Å². The SMILES string of the molecule is O=C(NCCCC(=O)N1CCC(C(=O)NCCc2ccccc2F)CC1)OCc1ccccc1. The topological polar surface area (TPSA) is 87.7 Å².